The second-order valence-electron chi connectivity index (χ2n) is 5.71. The molecule has 0 bridgehead atoms. The fraction of sp³-hybridized carbons (Fsp3) is 0.471. The van der Waals surface area contributed by atoms with Gasteiger partial charge in [-0.15, -0.1) is 11.3 Å². The summed E-state index contributed by atoms with van der Waals surface area (Å²) < 4.78 is 5.93. The summed E-state index contributed by atoms with van der Waals surface area (Å²) in [6.07, 6.45) is 0. The molecule has 2 aromatic rings. The first-order valence-corrected chi connectivity index (χ1v) is 8.16. The molecule has 1 aromatic carbocycles. The number of hydrogen-bond donors (Lipinski definition) is 1. The summed E-state index contributed by atoms with van der Waals surface area (Å²) in [6.45, 7) is 11.9. The van der Waals surface area contributed by atoms with Crippen LogP contribution in [0.3, 0.4) is 0 Å². The highest BCUT2D eigenvalue weighted by Crippen LogP contribution is 2.23. The van der Waals surface area contributed by atoms with Crippen molar-refractivity contribution >= 4 is 11.3 Å². The summed E-state index contributed by atoms with van der Waals surface area (Å²) in [5, 5.41) is 4.47. The van der Waals surface area contributed by atoms with Gasteiger partial charge in [0.05, 0.1) is 5.69 Å². The number of nitrogens with one attached hydrogen (secondary N) is 1. The molecule has 0 radical (unpaired) electrons. The van der Waals surface area contributed by atoms with Gasteiger partial charge in [-0.2, -0.15) is 0 Å². The first-order valence-electron chi connectivity index (χ1n) is 7.34. The van der Waals surface area contributed by atoms with Gasteiger partial charge in [-0.1, -0.05) is 26.0 Å². The van der Waals surface area contributed by atoms with Gasteiger partial charge in [0.2, 0.25) is 0 Å². The van der Waals surface area contributed by atoms with Crippen LogP contribution in [-0.4, -0.2) is 11.0 Å². The van der Waals surface area contributed by atoms with Crippen LogP contribution in [0.2, 0.25) is 0 Å². The first kappa shape index (κ1) is 16.0. The molecule has 114 valence electrons. The fourth-order valence-corrected chi connectivity index (χ4v) is 2.95. The molecule has 2 rings (SSSR count). The van der Waals surface area contributed by atoms with Gasteiger partial charge in [0.25, 0.3) is 0 Å². The Morgan fingerprint density at radius 2 is 2.00 bits per heavy atom. The van der Waals surface area contributed by atoms with Gasteiger partial charge in [-0.3, -0.25) is 0 Å². The maximum Gasteiger partial charge on any atom is 0.140 e. The predicted octanol–water partition coefficient (Wildman–Crippen LogP) is 4.15. The molecular formula is C17H24N2OS. The van der Waals surface area contributed by atoms with E-state index in [0.29, 0.717) is 12.6 Å². The SMILES string of the molecule is Cc1ccc(C)c(OCc2nc(C)c(CNC(C)C)s2)c1. The number of aromatic nitrogens is 1. The Hall–Kier alpha value is -1.39. The smallest absolute Gasteiger partial charge is 0.140 e. The zero-order valence-corrected chi connectivity index (χ0v) is 14.3. The molecule has 0 saturated heterocycles. The van der Waals surface area contributed by atoms with Crippen LogP contribution in [-0.2, 0) is 13.2 Å². The van der Waals surface area contributed by atoms with E-state index in [9.17, 15) is 0 Å². The standard InChI is InChI=1S/C17H24N2OS/c1-11(2)18-9-16-14(5)19-17(21-16)10-20-15-8-12(3)6-7-13(15)4/h6-8,11,18H,9-10H2,1-5H3. The average Bonchev–Trinajstić information content (AvgIpc) is 2.78. The number of aryl methyl sites for hydroxylation is 3. The number of benzene rings is 1. The van der Waals surface area contributed by atoms with Crippen LogP contribution in [0, 0.1) is 20.8 Å². The molecule has 0 aliphatic heterocycles. The number of thiazole rings is 1. The maximum absolute atomic E-state index is 5.93. The molecule has 0 aliphatic carbocycles. The van der Waals surface area contributed by atoms with E-state index >= 15 is 0 Å². The monoisotopic (exact) mass is 304 g/mol. The summed E-state index contributed by atoms with van der Waals surface area (Å²) in [5.41, 5.74) is 3.48. The molecule has 4 heteroatoms. The van der Waals surface area contributed by atoms with E-state index in [4.69, 9.17) is 4.74 Å². The number of rotatable bonds is 6. The average molecular weight is 304 g/mol. The van der Waals surface area contributed by atoms with E-state index in [1.807, 2.05) is 0 Å². The van der Waals surface area contributed by atoms with Gasteiger partial charge in [-0.25, -0.2) is 4.98 Å². The topological polar surface area (TPSA) is 34.1 Å². The first-order chi connectivity index (χ1) is 9.95. The third-order valence-electron chi connectivity index (χ3n) is 3.30. The van der Waals surface area contributed by atoms with Crippen molar-refractivity contribution in [3.05, 3.63) is 44.9 Å². The van der Waals surface area contributed by atoms with Crippen molar-refractivity contribution in [2.45, 2.75) is 53.8 Å². The van der Waals surface area contributed by atoms with Gasteiger partial charge in [-0.05, 0) is 38.0 Å². The molecule has 1 aromatic heterocycles. The zero-order chi connectivity index (χ0) is 15.4. The largest absolute Gasteiger partial charge is 0.486 e. The highest BCUT2D eigenvalue weighted by molar-refractivity contribution is 7.11. The van der Waals surface area contributed by atoms with Crippen LogP contribution in [0.5, 0.6) is 5.75 Å². The molecular weight excluding hydrogens is 280 g/mol. The summed E-state index contributed by atoms with van der Waals surface area (Å²) in [5.74, 6) is 0.949. The van der Waals surface area contributed by atoms with Gasteiger partial charge in [0.1, 0.15) is 17.4 Å². The lowest BCUT2D eigenvalue weighted by atomic mass is 10.1. The van der Waals surface area contributed by atoms with Crippen molar-refractivity contribution in [3.8, 4) is 5.75 Å². The Kier molecular flexibility index (Phi) is 5.37. The van der Waals surface area contributed by atoms with Gasteiger partial charge >= 0.3 is 0 Å². The van der Waals surface area contributed by atoms with Crippen molar-refractivity contribution in [3.63, 3.8) is 0 Å². The molecule has 0 spiro atoms. The predicted molar refractivity (Wildman–Crippen MR) is 89.1 cm³/mol. The van der Waals surface area contributed by atoms with Crippen LogP contribution >= 0.6 is 11.3 Å². The summed E-state index contributed by atoms with van der Waals surface area (Å²) in [4.78, 5) is 5.90. The second kappa shape index (κ2) is 7.05. The van der Waals surface area contributed by atoms with Crippen LogP contribution < -0.4 is 10.1 Å². The zero-order valence-electron chi connectivity index (χ0n) is 13.5. The third-order valence-corrected chi connectivity index (χ3v) is 4.43. The molecule has 0 saturated carbocycles. The van der Waals surface area contributed by atoms with Crippen molar-refractivity contribution in [1.29, 1.82) is 0 Å². The van der Waals surface area contributed by atoms with E-state index in [-0.39, 0.29) is 0 Å². The van der Waals surface area contributed by atoms with Crippen molar-refractivity contribution in [2.75, 3.05) is 0 Å². The molecule has 3 nitrogen and oxygen atoms in total. The quantitative estimate of drug-likeness (QED) is 0.870. The summed E-state index contributed by atoms with van der Waals surface area (Å²) >= 11 is 1.73. The number of ether oxygens (including phenoxy) is 1. The van der Waals surface area contributed by atoms with E-state index < -0.39 is 0 Å². The van der Waals surface area contributed by atoms with Crippen molar-refractivity contribution in [1.82, 2.24) is 10.3 Å². The lowest BCUT2D eigenvalue weighted by Crippen LogP contribution is -2.21. The van der Waals surface area contributed by atoms with E-state index in [1.165, 1.54) is 10.4 Å². The summed E-state index contributed by atoms with van der Waals surface area (Å²) in [7, 11) is 0. The van der Waals surface area contributed by atoms with Crippen LogP contribution in [0.4, 0.5) is 0 Å². The molecule has 0 atom stereocenters. The van der Waals surface area contributed by atoms with E-state index in [0.717, 1.165) is 28.6 Å². The number of hydrogen-bond acceptors (Lipinski definition) is 4. The maximum atomic E-state index is 5.93. The lowest BCUT2D eigenvalue weighted by Gasteiger charge is -2.08. The Bertz CT molecular complexity index is 605. The minimum absolute atomic E-state index is 0.487. The van der Waals surface area contributed by atoms with Crippen molar-refractivity contribution < 1.29 is 4.74 Å². The fourth-order valence-electron chi connectivity index (χ4n) is 2.01. The normalized spacial score (nSPS) is 11.1. The minimum Gasteiger partial charge on any atom is -0.486 e. The summed E-state index contributed by atoms with van der Waals surface area (Å²) in [6, 6.07) is 6.76. The van der Waals surface area contributed by atoms with E-state index in [1.54, 1.807) is 11.3 Å². The van der Waals surface area contributed by atoms with Crippen LogP contribution in [0.25, 0.3) is 0 Å². The highest BCUT2D eigenvalue weighted by Gasteiger charge is 2.09. The van der Waals surface area contributed by atoms with Crippen LogP contribution in [0.15, 0.2) is 18.2 Å². The minimum atomic E-state index is 0.487. The highest BCUT2D eigenvalue weighted by atomic mass is 32.1. The second-order valence-corrected chi connectivity index (χ2v) is 6.88. The third kappa shape index (κ3) is 4.55. The van der Waals surface area contributed by atoms with E-state index in [2.05, 4.69) is 63.1 Å². The van der Waals surface area contributed by atoms with Gasteiger partial charge in [0, 0.05) is 17.5 Å². The molecule has 21 heavy (non-hydrogen) atoms. The Morgan fingerprint density at radius 1 is 1.24 bits per heavy atom. The number of nitrogens with zero attached hydrogens (tertiary/aromatic N) is 1. The van der Waals surface area contributed by atoms with Crippen molar-refractivity contribution in [2.24, 2.45) is 0 Å². The van der Waals surface area contributed by atoms with Gasteiger partial charge in [0.15, 0.2) is 0 Å². The molecule has 0 aliphatic rings. The lowest BCUT2D eigenvalue weighted by molar-refractivity contribution is 0.303. The Labute approximate surface area is 131 Å². The molecule has 1 heterocycles. The molecule has 1 N–H and O–H groups in total. The van der Waals surface area contributed by atoms with Gasteiger partial charge < -0.3 is 10.1 Å². The Balaban J connectivity index is 2.00. The molecule has 0 unspecified atom stereocenters. The Morgan fingerprint density at radius 3 is 2.71 bits per heavy atom. The van der Waals surface area contributed by atoms with Crippen LogP contribution in [0.1, 0.15) is 40.6 Å². The molecule has 0 fully saturated rings. The molecule has 0 amide bonds.